The van der Waals surface area contributed by atoms with Crippen LogP contribution in [-0.4, -0.2) is 23.9 Å². The van der Waals surface area contributed by atoms with Gasteiger partial charge in [-0.05, 0) is 67.7 Å². The van der Waals surface area contributed by atoms with Gasteiger partial charge in [-0.25, -0.2) is 0 Å². The highest BCUT2D eigenvalue weighted by Crippen LogP contribution is 2.17. The van der Waals surface area contributed by atoms with Crippen LogP contribution in [0.5, 0.6) is 0 Å². The monoisotopic (exact) mass is 341 g/mol. The van der Waals surface area contributed by atoms with Crippen LogP contribution < -0.4 is 15.5 Å². The number of carbonyl (C=O) groups is 2. The second kappa shape index (κ2) is 7.70. The summed E-state index contributed by atoms with van der Waals surface area (Å²) in [5.41, 5.74) is 3.08. The van der Waals surface area contributed by atoms with Crippen molar-refractivity contribution < 1.29 is 9.59 Å². The molecule has 6 heteroatoms. The number of rotatable bonds is 4. The third-order valence-electron chi connectivity index (χ3n) is 3.53. The Labute approximate surface area is 146 Å². The average Bonchev–Trinajstić information content (AvgIpc) is 2.55. The highest BCUT2D eigenvalue weighted by Gasteiger charge is 2.06. The van der Waals surface area contributed by atoms with E-state index in [0.29, 0.717) is 10.7 Å². The molecule has 0 heterocycles. The largest absolute Gasteiger partial charge is 0.332 e. The molecule has 0 fully saturated rings. The molecule has 2 rings (SSSR count). The summed E-state index contributed by atoms with van der Waals surface area (Å²) in [6.45, 7) is 3.05. The predicted octanol–water partition coefficient (Wildman–Crippen LogP) is 3.68. The van der Waals surface area contributed by atoms with Crippen LogP contribution in [-0.2, 0) is 4.79 Å². The van der Waals surface area contributed by atoms with Crippen LogP contribution in [0.1, 0.15) is 24.2 Å². The van der Waals surface area contributed by atoms with Crippen molar-refractivity contribution in [1.82, 2.24) is 0 Å². The quantitative estimate of drug-likeness (QED) is 0.656. The molecule has 0 aromatic heterocycles. The van der Waals surface area contributed by atoms with Gasteiger partial charge < -0.3 is 15.5 Å². The van der Waals surface area contributed by atoms with Crippen LogP contribution in [0.15, 0.2) is 48.5 Å². The van der Waals surface area contributed by atoms with Crippen molar-refractivity contribution in [2.75, 3.05) is 22.6 Å². The van der Waals surface area contributed by atoms with E-state index in [0.717, 1.165) is 17.1 Å². The normalized spacial score (nSPS) is 9.96. The van der Waals surface area contributed by atoms with Gasteiger partial charge in [-0.15, -0.1) is 0 Å². The maximum Gasteiger partial charge on any atom is 0.223 e. The van der Waals surface area contributed by atoms with Crippen LogP contribution in [0.25, 0.3) is 0 Å². The minimum absolute atomic E-state index is 0.0258. The van der Waals surface area contributed by atoms with Gasteiger partial charge in [0.15, 0.2) is 10.9 Å². The molecular weight excluding hydrogens is 322 g/mol. The van der Waals surface area contributed by atoms with Crippen LogP contribution in [0.4, 0.5) is 17.1 Å². The van der Waals surface area contributed by atoms with E-state index >= 15 is 0 Å². The summed E-state index contributed by atoms with van der Waals surface area (Å²) in [5, 5.41) is 6.57. The second-order valence-electron chi connectivity index (χ2n) is 5.34. The van der Waals surface area contributed by atoms with Gasteiger partial charge in [-0.3, -0.25) is 9.59 Å². The Bertz CT molecular complexity index is 755. The zero-order chi connectivity index (χ0) is 17.7. The molecule has 2 N–H and O–H groups in total. The SMILES string of the molecule is CC(=O)c1ccc(NC(=S)Nc2ccc(N(C)C(C)=O)cc2)cc1. The molecule has 0 saturated heterocycles. The molecule has 0 radical (unpaired) electrons. The number of Topliss-reactive ketones (excluding diaryl/α,β-unsaturated/α-hetero) is 1. The first kappa shape index (κ1) is 17.6. The standard InChI is InChI=1S/C18H19N3O2S/c1-12(22)14-4-6-15(7-5-14)19-18(24)20-16-8-10-17(11-9-16)21(3)13(2)23/h4-11H,1-3H3,(H2,19,20,24). The van der Waals surface area contributed by atoms with E-state index in [1.54, 1.807) is 36.2 Å². The Kier molecular flexibility index (Phi) is 5.65. The molecule has 124 valence electrons. The van der Waals surface area contributed by atoms with Gasteiger partial charge in [0.1, 0.15) is 0 Å². The van der Waals surface area contributed by atoms with Gasteiger partial charge in [0, 0.05) is 36.6 Å². The number of hydrogen-bond acceptors (Lipinski definition) is 3. The third-order valence-corrected chi connectivity index (χ3v) is 3.74. The van der Waals surface area contributed by atoms with Crippen LogP contribution in [0, 0.1) is 0 Å². The number of benzene rings is 2. The number of nitrogens with one attached hydrogen (secondary N) is 2. The molecule has 0 aliphatic heterocycles. The molecule has 2 aromatic carbocycles. The summed E-state index contributed by atoms with van der Waals surface area (Å²) in [5.74, 6) is -0.000209. The fourth-order valence-electron chi connectivity index (χ4n) is 2.03. The zero-order valence-corrected chi connectivity index (χ0v) is 14.6. The average molecular weight is 341 g/mol. The van der Waals surface area contributed by atoms with Crippen molar-refractivity contribution in [3.63, 3.8) is 0 Å². The van der Waals surface area contributed by atoms with Gasteiger partial charge in [-0.1, -0.05) is 0 Å². The summed E-state index contributed by atoms with van der Waals surface area (Å²) in [7, 11) is 1.72. The first-order chi connectivity index (χ1) is 11.4. The topological polar surface area (TPSA) is 61.4 Å². The smallest absolute Gasteiger partial charge is 0.223 e. The minimum Gasteiger partial charge on any atom is -0.332 e. The van der Waals surface area contributed by atoms with Crippen molar-refractivity contribution in [2.24, 2.45) is 0 Å². The third kappa shape index (κ3) is 4.63. The molecule has 5 nitrogen and oxygen atoms in total. The molecule has 2 aromatic rings. The van der Waals surface area contributed by atoms with Crippen molar-refractivity contribution in [3.05, 3.63) is 54.1 Å². The van der Waals surface area contributed by atoms with Gasteiger partial charge in [0.05, 0.1) is 0 Å². The van der Waals surface area contributed by atoms with E-state index in [2.05, 4.69) is 10.6 Å². The summed E-state index contributed by atoms with van der Waals surface area (Å²) < 4.78 is 0. The lowest BCUT2D eigenvalue weighted by molar-refractivity contribution is -0.116. The van der Waals surface area contributed by atoms with Gasteiger partial charge in [0.25, 0.3) is 0 Å². The van der Waals surface area contributed by atoms with Crippen LogP contribution in [0.2, 0.25) is 0 Å². The number of carbonyl (C=O) groups excluding carboxylic acids is 2. The lowest BCUT2D eigenvalue weighted by atomic mass is 10.1. The molecule has 0 atom stereocenters. The Morgan fingerprint density at radius 1 is 0.875 bits per heavy atom. The Morgan fingerprint density at radius 2 is 1.33 bits per heavy atom. The number of ketones is 1. The molecule has 24 heavy (non-hydrogen) atoms. The van der Waals surface area contributed by atoms with E-state index in [1.165, 1.54) is 13.8 Å². The summed E-state index contributed by atoms with van der Waals surface area (Å²) >= 11 is 5.27. The molecule has 0 aliphatic rings. The van der Waals surface area contributed by atoms with Crippen LogP contribution >= 0.6 is 12.2 Å². The highest BCUT2D eigenvalue weighted by atomic mass is 32.1. The van der Waals surface area contributed by atoms with Gasteiger partial charge in [0.2, 0.25) is 5.91 Å². The van der Waals surface area contributed by atoms with E-state index < -0.39 is 0 Å². The maximum atomic E-state index is 11.3. The molecule has 0 saturated carbocycles. The molecule has 0 unspecified atom stereocenters. The molecule has 0 aliphatic carbocycles. The second-order valence-corrected chi connectivity index (χ2v) is 5.75. The Hall–Kier alpha value is -2.73. The van der Waals surface area contributed by atoms with Crippen molar-refractivity contribution in [3.8, 4) is 0 Å². The lowest BCUT2D eigenvalue weighted by Crippen LogP contribution is -2.23. The molecule has 0 spiro atoms. The first-order valence-corrected chi connectivity index (χ1v) is 7.81. The minimum atomic E-state index is -0.0260. The fourth-order valence-corrected chi connectivity index (χ4v) is 2.27. The number of amides is 1. The van der Waals surface area contributed by atoms with Crippen molar-refractivity contribution in [1.29, 1.82) is 0 Å². The van der Waals surface area contributed by atoms with Crippen LogP contribution in [0.3, 0.4) is 0 Å². The molecular formula is C18H19N3O2S. The number of hydrogen-bond donors (Lipinski definition) is 2. The van der Waals surface area contributed by atoms with E-state index in [-0.39, 0.29) is 11.7 Å². The summed E-state index contributed by atoms with van der Waals surface area (Å²) in [6.07, 6.45) is 0. The van der Waals surface area contributed by atoms with E-state index in [4.69, 9.17) is 12.2 Å². The summed E-state index contributed by atoms with van der Waals surface area (Å²) in [6, 6.07) is 14.5. The number of anilines is 3. The predicted molar refractivity (Wildman–Crippen MR) is 102 cm³/mol. The van der Waals surface area contributed by atoms with Gasteiger partial charge >= 0.3 is 0 Å². The number of nitrogens with zero attached hydrogens (tertiary/aromatic N) is 1. The lowest BCUT2D eigenvalue weighted by Gasteiger charge is -2.16. The van der Waals surface area contributed by atoms with Crippen molar-refractivity contribution in [2.45, 2.75) is 13.8 Å². The molecule has 0 bridgehead atoms. The highest BCUT2D eigenvalue weighted by molar-refractivity contribution is 7.80. The first-order valence-electron chi connectivity index (χ1n) is 7.40. The zero-order valence-electron chi connectivity index (χ0n) is 13.8. The number of thiocarbonyl (C=S) groups is 1. The van der Waals surface area contributed by atoms with E-state index in [1.807, 2.05) is 24.3 Å². The maximum absolute atomic E-state index is 11.3. The Balaban J connectivity index is 1.97. The Morgan fingerprint density at radius 3 is 1.75 bits per heavy atom. The van der Waals surface area contributed by atoms with E-state index in [9.17, 15) is 9.59 Å². The fraction of sp³-hybridized carbons (Fsp3) is 0.167. The van der Waals surface area contributed by atoms with Gasteiger partial charge in [-0.2, -0.15) is 0 Å². The summed E-state index contributed by atoms with van der Waals surface area (Å²) in [4.78, 5) is 24.2. The molecule has 1 amide bonds. The van der Waals surface area contributed by atoms with Crippen molar-refractivity contribution >= 4 is 46.1 Å².